The molecule has 33 heavy (non-hydrogen) atoms. The zero-order chi connectivity index (χ0) is 23.8. The third-order valence-electron chi connectivity index (χ3n) is 5.99. The molecule has 1 aliphatic rings. The molecule has 1 amide bonds. The minimum atomic E-state index is -1.08. The van der Waals surface area contributed by atoms with Gasteiger partial charge in [0.05, 0.1) is 6.04 Å². The van der Waals surface area contributed by atoms with Crippen LogP contribution < -0.4 is 11.1 Å². The smallest absolute Gasteiger partial charge is 0.331 e. The lowest BCUT2D eigenvalue weighted by Gasteiger charge is -2.36. The van der Waals surface area contributed by atoms with E-state index < -0.39 is 30.1 Å². The van der Waals surface area contributed by atoms with Gasteiger partial charge in [-0.05, 0) is 61.2 Å². The number of fused-ring (bicyclic) bond motifs is 1. The maximum atomic E-state index is 13.6. The van der Waals surface area contributed by atoms with Crippen LogP contribution in [0.3, 0.4) is 0 Å². The van der Waals surface area contributed by atoms with Gasteiger partial charge in [-0.1, -0.05) is 36.8 Å². The van der Waals surface area contributed by atoms with Crippen LogP contribution in [-0.4, -0.2) is 58.1 Å². The first-order chi connectivity index (χ1) is 15.9. The zero-order valence-electron chi connectivity index (χ0n) is 18.5. The molecule has 0 spiro atoms. The van der Waals surface area contributed by atoms with Crippen LogP contribution in [0.4, 0.5) is 0 Å². The van der Waals surface area contributed by atoms with Gasteiger partial charge >= 0.3 is 11.9 Å². The number of aryl methyl sites for hydroxylation is 1. The molecule has 178 valence electrons. The van der Waals surface area contributed by atoms with Gasteiger partial charge in [-0.3, -0.25) is 14.9 Å². The normalized spacial score (nSPS) is 17.2. The van der Waals surface area contributed by atoms with Crippen LogP contribution in [0.2, 0.25) is 0 Å². The van der Waals surface area contributed by atoms with Gasteiger partial charge in [0, 0.05) is 11.4 Å². The number of hydrogen-bond acceptors (Lipinski definition) is 6. The molecular weight excluding hydrogens is 442 g/mol. The summed E-state index contributed by atoms with van der Waals surface area (Å²) in [5.41, 5.74) is 7.58. The molecule has 0 fully saturated rings. The largest absolute Gasteiger partial charge is 0.480 e. The highest BCUT2D eigenvalue weighted by molar-refractivity contribution is 7.10. The SMILES string of the molecule is NCCCC[C@H](N[C@@H](CCc1ccccc1)C(=O)O)C(=O)N1CCc2ccsc2[C@@H]1C(=O)O. The Morgan fingerprint density at radius 3 is 2.52 bits per heavy atom. The first-order valence-corrected chi connectivity index (χ1v) is 12.1. The van der Waals surface area contributed by atoms with Crippen LogP contribution in [0, 0.1) is 0 Å². The van der Waals surface area contributed by atoms with E-state index in [4.69, 9.17) is 5.73 Å². The summed E-state index contributed by atoms with van der Waals surface area (Å²) in [6, 6.07) is 8.71. The summed E-state index contributed by atoms with van der Waals surface area (Å²) in [5, 5.41) is 24.6. The highest BCUT2D eigenvalue weighted by Crippen LogP contribution is 2.34. The predicted octanol–water partition coefficient (Wildman–Crippen LogP) is 2.43. The van der Waals surface area contributed by atoms with E-state index in [1.165, 1.54) is 16.2 Å². The summed E-state index contributed by atoms with van der Waals surface area (Å²) < 4.78 is 0. The van der Waals surface area contributed by atoms with Crippen molar-refractivity contribution in [1.29, 1.82) is 0 Å². The molecule has 3 atom stereocenters. The van der Waals surface area contributed by atoms with Gasteiger partial charge in [-0.15, -0.1) is 11.3 Å². The maximum Gasteiger partial charge on any atom is 0.331 e. The second kappa shape index (κ2) is 11.9. The monoisotopic (exact) mass is 473 g/mol. The number of thiophene rings is 1. The Hall–Kier alpha value is -2.75. The Labute approximate surface area is 197 Å². The minimum Gasteiger partial charge on any atom is -0.480 e. The molecule has 0 radical (unpaired) electrons. The lowest BCUT2D eigenvalue weighted by atomic mass is 9.98. The molecule has 2 aromatic rings. The van der Waals surface area contributed by atoms with Crippen LogP contribution in [0.1, 0.15) is 47.7 Å². The summed E-state index contributed by atoms with van der Waals surface area (Å²) in [6.45, 7) is 0.758. The lowest BCUT2D eigenvalue weighted by molar-refractivity contribution is -0.152. The van der Waals surface area contributed by atoms with Crippen molar-refractivity contribution in [2.24, 2.45) is 5.73 Å². The number of unbranched alkanes of at least 4 members (excludes halogenated alkanes) is 1. The number of nitrogens with zero attached hydrogens (tertiary/aromatic N) is 1. The molecule has 3 rings (SSSR count). The first kappa shape index (κ1) is 24.9. The van der Waals surface area contributed by atoms with Gasteiger partial charge in [0.25, 0.3) is 0 Å². The van der Waals surface area contributed by atoms with Crippen molar-refractivity contribution in [1.82, 2.24) is 10.2 Å². The van der Waals surface area contributed by atoms with Crippen LogP contribution >= 0.6 is 11.3 Å². The van der Waals surface area contributed by atoms with Crippen molar-refractivity contribution in [2.45, 2.75) is 56.7 Å². The van der Waals surface area contributed by atoms with E-state index in [1.54, 1.807) is 0 Å². The fraction of sp³-hybridized carbons (Fsp3) is 0.458. The number of carboxylic acid groups (broad SMARTS) is 2. The van der Waals surface area contributed by atoms with Crippen LogP contribution in [0.15, 0.2) is 41.8 Å². The second-order valence-electron chi connectivity index (χ2n) is 8.25. The number of benzene rings is 1. The summed E-state index contributed by atoms with van der Waals surface area (Å²) in [4.78, 5) is 39.7. The topological polar surface area (TPSA) is 133 Å². The lowest BCUT2D eigenvalue weighted by Crippen LogP contribution is -2.55. The molecule has 1 aliphatic heterocycles. The van der Waals surface area contributed by atoms with Crippen LogP contribution in [0.25, 0.3) is 0 Å². The number of aliphatic carboxylic acids is 2. The third-order valence-corrected chi connectivity index (χ3v) is 7.00. The standard InChI is InChI=1S/C24H31N3O5S/c25-13-5-4-8-18(26-19(23(29)30)10-9-16-6-2-1-3-7-16)22(28)27-14-11-17-12-15-33-21(17)20(27)24(31)32/h1-3,6-7,12,15,18-20,26H,4-5,8-11,13-14,25H2,(H,29,30)(H,31,32)/t18-,19-,20+/m0/s1. The van der Waals surface area contributed by atoms with Crippen molar-refractivity contribution in [3.63, 3.8) is 0 Å². The average Bonchev–Trinajstić information content (AvgIpc) is 3.28. The molecule has 0 bridgehead atoms. The zero-order valence-corrected chi connectivity index (χ0v) is 19.3. The van der Waals surface area contributed by atoms with E-state index in [0.29, 0.717) is 49.9 Å². The highest BCUT2D eigenvalue weighted by Gasteiger charge is 2.40. The van der Waals surface area contributed by atoms with Crippen molar-refractivity contribution < 1.29 is 24.6 Å². The Balaban J connectivity index is 1.77. The van der Waals surface area contributed by atoms with Crippen LogP contribution in [0.5, 0.6) is 0 Å². The molecular formula is C24H31N3O5S. The van der Waals surface area contributed by atoms with E-state index in [0.717, 1.165) is 11.1 Å². The van der Waals surface area contributed by atoms with Gasteiger partial charge in [-0.2, -0.15) is 0 Å². The number of amides is 1. The van der Waals surface area contributed by atoms with E-state index in [-0.39, 0.29) is 12.5 Å². The number of nitrogens with two attached hydrogens (primary N) is 1. The quantitative estimate of drug-likeness (QED) is 0.348. The molecule has 9 heteroatoms. The number of carbonyl (C=O) groups is 3. The van der Waals surface area contributed by atoms with Crippen molar-refractivity contribution in [2.75, 3.05) is 13.1 Å². The summed E-state index contributed by atoms with van der Waals surface area (Å²) >= 11 is 1.33. The molecule has 0 saturated heterocycles. The summed E-state index contributed by atoms with van der Waals surface area (Å²) in [6.07, 6.45) is 3.18. The Morgan fingerprint density at radius 1 is 1.09 bits per heavy atom. The average molecular weight is 474 g/mol. The van der Waals surface area contributed by atoms with Crippen LogP contribution in [-0.2, 0) is 27.2 Å². The van der Waals surface area contributed by atoms with E-state index in [1.807, 2.05) is 41.8 Å². The van der Waals surface area contributed by atoms with Gasteiger partial charge in [0.15, 0.2) is 6.04 Å². The molecule has 8 nitrogen and oxygen atoms in total. The molecule has 0 saturated carbocycles. The fourth-order valence-corrected chi connectivity index (χ4v) is 5.29. The van der Waals surface area contributed by atoms with E-state index in [2.05, 4.69) is 5.32 Å². The van der Waals surface area contributed by atoms with Crippen molar-refractivity contribution >= 4 is 29.2 Å². The second-order valence-corrected chi connectivity index (χ2v) is 9.20. The maximum absolute atomic E-state index is 13.6. The number of carbonyl (C=O) groups excluding carboxylic acids is 1. The first-order valence-electron chi connectivity index (χ1n) is 11.2. The van der Waals surface area contributed by atoms with E-state index in [9.17, 15) is 24.6 Å². The number of carboxylic acids is 2. The molecule has 5 N–H and O–H groups in total. The fourth-order valence-electron chi connectivity index (χ4n) is 4.24. The Bertz CT molecular complexity index is 949. The van der Waals surface area contributed by atoms with Crippen molar-refractivity contribution in [3.05, 3.63) is 57.8 Å². The Morgan fingerprint density at radius 2 is 1.85 bits per heavy atom. The molecule has 2 heterocycles. The number of rotatable bonds is 12. The van der Waals surface area contributed by atoms with E-state index >= 15 is 0 Å². The van der Waals surface area contributed by atoms with Gasteiger partial charge in [0.2, 0.25) is 5.91 Å². The molecule has 1 aromatic carbocycles. The number of hydrogen-bond donors (Lipinski definition) is 4. The summed E-state index contributed by atoms with van der Waals surface area (Å²) in [7, 11) is 0. The Kier molecular flexibility index (Phi) is 8.99. The third kappa shape index (κ3) is 6.40. The van der Waals surface area contributed by atoms with Gasteiger partial charge < -0.3 is 20.8 Å². The minimum absolute atomic E-state index is 0.288. The molecule has 1 aromatic heterocycles. The highest BCUT2D eigenvalue weighted by atomic mass is 32.1. The van der Waals surface area contributed by atoms with Crippen molar-refractivity contribution in [3.8, 4) is 0 Å². The summed E-state index contributed by atoms with van der Waals surface area (Å²) in [5.74, 6) is -2.48. The molecule has 0 aliphatic carbocycles. The molecule has 0 unspecified atom stereocenters. The van der Waals surface area contributed by atoms with Gasteiger partial charge in [0.1, 0.15) is 6.04 Å². The number of nitrogens with one attached hydrogen (secondary N) is 1. The predicted molar refractivity (Wildman–Crippen MR) is 126 cm³/mol. The van der Waals surface area contributed by atoms with Gasteiger partial charge in [-0.25, -0.2) is 4.79 Å².